The van der Waals surface area contributed by atoms with Gasteiger partial charge in [0.05, 0.1) is 0 Å². The van der Waals surface area contributed by atoms with Crippen molar-refractivity contribution in [2.24, 2.45) is 5.41 Å². The van der Waals surface area contributed by atoms with Crippen LogP contribution in [0.4, 0.5) is 0 Å². The van der Waals surface area contributed by atoms with Crippen LogP contribution in [-0.2, 0) is 5.41 Å². The minimum atomic E-state index is 0.225. The van der Waals surface area contributed by atoms with Gasteiger partial charge in [-0.25, -0.2) is 0 Å². The monoisotopic (exact) mass is 267 g/mol. The van der Waals surface area contributed by atoms with Gasteiger partial charge in [-0.05, 0) is 40.4 Å². The Labute approximate surface area is 124 Å². The minimum absolute atomic E-state index is 0.225. The zero-order valence-electron chi connectivity index (χ0n) is 13.7. The first-order valence-corrected chi connectivity index (χ1v) is 7.53. The summed E-state index contributed by atoms with van der Waals surface area (Å²) in [5.74, 6) is 0. The summed E-state index contributed by atoms with van der Waals surface area (Å²) in [5.41, 5.74) is 6.06. The Morgan fingerprint density at radius 2 is 1.35 bits per heavy atom. The lowest BCUT2D eigenvalue weighted by atomic mass is 9.79. The first kappa shape index (κ1) is 15.1. The largest absolute Gasteiger partial charge is 0.0642 e. The molecule has 1 aliphatic carbocycles. The van der Waals surface area contributed by atoms with Gasteiger partial charge >= 0.3 is 0 Å². The quantitative estimate of drug-likeness (QED) is 0.590. The number of benzene rings is 1. The van der Waals surface area contributed by atoms with Crippen molar-refractivity contribution in [3.05, 3.63) is 59.5 Å². The fourth-order valence-electron chi connectivity index (χ4n) is 2.48. The van der Waals surface area contributed by atoms with Crippen molar-refractivity contribution in [2.75, 3.05) is 0 Å². The molecule has 1 aliphatic rings. The molecule has 0 fully saturated rings. The van der Waals surface area contributed by atoms with Gasteiger partial charge in [-0.15, -0.1) is 0 Å². The van der Waals surface area contributed by atoms with E-state index in [4.69, 9.17) is 0 Å². The molecule has 1 aromatic carbocycles. The standard InChI is InChI=1S/C20H27/c1-19(2,3)17-11-7-15(8-12-17)16-9-13-18(14-10-16)20(4,5)6/h7-13H,14H2,1-6H3. The lowest BCUT2D eigenvalue weighted by Gasteiger charge is -2.26. The van der Waals surface area contributed by atoms with Crippen LogP contribution in [0, 0.1) is 11.8 Å². The fourth-order valence-corrected chi connectivity index (χ4v) is 2.48. The molecule has 20 heavy (non-hydrogen) atoms. The van der Waals surface area contributed by atoms with Gasteiger partial charge in [0.15, 0.2) is 0 Å². The maximum Gasteiger partial charge on any atom is -0.00463 e. The molecule has 0 spiro atoms. The molecule has 107 valence electrons. The Balaban J connectivity index is 2.22. The molecule has 0 atom stereocenters. The summed E-state index contributed by atoms with van der Waals surface area (Å²) < 4.78 is 0. The summed E-state index contributed by atoms with van der Waals surface area (Å²) in [6.07, 6.45) is 7.98. The topological polar surface area (TPSA) is 0 Å². The molecule has 0 bridgehead atoms. The summed E-state index contributed by atoms with van der Waals surface area (Å²) in [5, 5.41) is 0. The van der Waals surface area contributed by atoms with Crippen LogP contribution in [0.1, 0.15) is 59.1 Å². The maximum absolute atomic E-state index is 2.35. The van der Waals surface area contributed by atoms with E-state index in [0.29, 0.717) is 0 Å². The summed E-state index contributed by atoms with van der Waals surface area (Å²) in [7, 11) is 0. The first-order valence-electron chi connectivity index (χ1n) is 7.53. The number of rotatable bonds is 1. The van der Waals surface area contributed by atoms with Crippen LogP contribution in [0.3, 0.4) is 0 Å². The minimum Gasteiger partial charge on any atom is -0.0642 e. The number of hydrogen-bond acceptors (Lipinski definition) is 0. The van der Waals surface area contributed by atoms with Crippen LogP contribution in [0.15, 0.2) is 42.0 Å². The van der Waals surface area contributed by atoms with Crippen molar-refractivity contribution < 1.29 is 0 Å². The van der Waals surface area contributed by atoms with E-state index in [1.54, 1.807) is 0 Å². The van der Waals surface area contributed by atoms with E-state index in [1.807, 2.05) is 0 Å². The summed E-state index contributed by atoms with van der Waals surface area (Å²) in [6.45, 7) is 13.6. The Hall–Kier alpha value is -1.30. The van der Waals surface area contributed by atoms with Crippen LogP contribution < -0.4 is 0 Å². The highest BCUT2D eigenvalue weighted by Crippen LogP contribution is 2.35. The molecule has 0 saturated heterocycles. The molecule has 0 aliphatic heterocycles. The van der Waals surface area contributed by atoms with Crippen molar-refractivity contribution >= 4 is 5.57 Å². The molecule has 0 heterocycles. The molecule has 2 rings (SSSR count). The van der Waals surface area contributed by atoms with Crippen LogP contribution in [0.5, 0.6) is 0 Å². The molecule has 0 saturated carbocycles. The zero-order chi connectivity index (χ0) is 15.0. The number of allylic oxidation sites excluding steroid dienone is 4. The Bertz CT molecular complexity index is 525. The molecule has 1 aromatic rings. The molecule has 1 radical (unpaired) electrons. The highest BCUT2D eigenvalue weighted by atomic mass is 14.2. The third kappa shape index (κ3) is 3.42. The summed E-state index contributed by atoms with van der Waals surface area (Å²) >= 11 is 0. The molecule has 0 N–H and O–H groups in total. The molecule has 0 heteroatoms. The van der Waals surface area contributed by atoms with Crippen molar-refractivity contribution in [3.8, 4) is 0 Å². The van der Waals surface area contributed by atoms with Crippen molar-refractivity contribution in [1.82, 2.24) is 0 Å². The SMILES string of the molecule is CC(C)(C)C1=CC=C(c2ccc(C(C)(C)C)cc2)[CH]C1. The van der Waals surface area contributed by atoms with E-state index in [-0.39, 0.29) is 10.8 Å². The van der Waals surface area contributed by atoms with Gasteiger partial charge in [-0.3, -0.25) is 0 Å². The zero-order valence-corrected chi connectivity index (χ0v) is 13.7. The van der Waals surface area contributed by atoms with E-state index in [9.17, 15) is 0 Å². The van der Waals surface area contributed by atoms with E-state index >= 15 is 0 Å². The van der Waals surface area contributed by atoms with Crippen LogP contribution in [-0.4, -0.2) is 0 Å². The molecular formula is C20H27. The second kappa shape index (κ2) is 5.24. The van der Waals surface area contributed by atoms with Gasteiger partial charge in [0.1, 0.15) is 0 Å². The molecule has 0 unspecified atom stereocenters. The van der Waals surface area contributed by atoms with E-state index in [2.05, 4.69) is 84.4 Å². The van der Waals surface area contributed by atoms with Gasteiger partial charge in [0.25, 0.3) is 0 Å². The predicted octanol–water partition coefficient (Wildman–Crippen LogP) is 5.95. The highest BCUT2D eigenvalue weighted by molar-refractivity contribution is 5.75. The van der Waals surface area contributed by atoms with Gasteiger partial charge in [-0.1, -0.05) is 83.5 Å². The average Bonchev–Trinajstić information content (AvgIpc) is 2.37. The van der Waals surface area contributed by atoms with Gasteiger partial charge in [0, 0.05) is 0 Å². The van der Waals surface area contributed by atoms with Gasteiger partial charge < -0.3 is 0 Å². The Kier molecular flexibility index (Phi) is 3.95. The second-order valence-corrected chi connectivity index (χ2v) is 7.80. The van der Waals surface area contributed by atoms with Crippen LogP contribution in [0.25, 0.3) is 5.57 Å². The lowest BCUT2D eigenvalue weighted by Crippen LogP contribution is -2.12. The summed E-state index contributed by atoms with van der Waals surface area (Å²) in [6, 6.07) is 9.01. The lowest BCUT2D eigenvalue weighted by molar-refractivity contribution is 0.491. The fraction of sp³-hybridized carbons (Fsp3) is 0.450. The van der Waals surface area contributed by atoms with Gasteiger partial charge in [-0.2, -0.15) is 0 Å². The molecule has 0 amide bonds. The molecule has 0 aromatic heterocycles. The van der Waals surface area contributed by atoms with Crippen molar-refractivity contribution in [3.63, 3.8) is 0 Å². The maximum atomic E-state index is 2.35. The smallest absolute Gasteiger partial charge is 0.00463 e. The van der Waals surface area contributed by atoms with Gasteiger partial charge in [0.2, 0.25) is 0 Å². The highest BCUT2D eigenvalue weighted by Gasteiger charge is 2.20. The van der Waals surface area contributed by atoms with Crippen LogP contribution >= 0.6 is 0 Å². The Morgan fingerprint density at radius 1 is 0.750 bits per heavy atom. The summed E-state index contributed by atoms with van der Waals surface area (Å²) in [4.78, 5) is 0. The third-order valence-corrected chi connectivity index (χ3v) is 4.05. The first-order chi connectivity index (χ1) is 9.18. The second-order valence-electron chi connectivity index (χ2n) is 7.80. The van der Waals surface area contributed by atoms with E-state index in [1.165, 1.54) is 22.3 Å². The molecular weight excluding hydrogens is 240 g/mol. The normalized spacial score (nSPS) is 16.7. The van der Waals surface area contributed by atoms with E-state index in [0.717, 1.165) is 6.42 Å². The number of hydrogen-bond donors (Lipinski definition) is 0. The van der Waals surface area contributed by atoms with Crippen molar-refractivity contribution in [1.29, 1.82) is 0 Å². The Morgan fingerprint density at radius 3 is 1.75 bits per heavy atom. The predicted molar refractivity (Wildman–Crippen MR) is 89.6 cm³/mol. The van der Waals surface area contributed by atoms with Crippen LogP contribution in [0.2, 0.25) is 0 Å². The average molecular weight is 267 g/mol. The van der Waals surface area contributed by atoms with E-state index < -0.39 is 0 Å². The van der Waals surface area contributed by atoms with Crippen molar-refractivity contribution in [2.45, 2.75) is 53.4 Å². The molecule has 0 nitrogen and oxygen atoms in total. The third-order valence-electron chi connectivity index (χ3n) is 4.05.